The van der Waals surface area contributed by atoms with Crippen molar-refractivity contribution < 1.29 is 19.4 Å². The fourth-order valence-electron chi connectivity index (χ4n) is 4.25. The quantitative estimate of drug-likeness (QED) is 0.537. The van der Waals surface area contributed by atoms with Crippen LogP contribution in [0.15, 0.2) is 30.6 Å². The summed E-state index contributed by atoms with van der Waals surface area (Å²) in [7, 11) is 1.62. The summed E-state index contributed by atoms with van der Waals surface area (Å²) < 4.78 is 13.2. The van der Waals surface area contributed by atoms with E-state index in [4.69, 9.17) is 19.4 Å². The average molecular weight is 438 g/mol. The number of benzene rings is 1. The highest BCUT2D eigenvalue weighted by Gasteiger charge is 2.33. The van der Waals surface area contributed by atoms with E-state index >= 15 is 0 Å². The number of methoxy groups -OCH3 is 1. The van der Waals surface area contributed by atoms with Gasteiger partial charge >= 0.3 is 6.09 Å². The second-order valence-corrected chi connectivity index (χ2v) is 8.15. The van der Waals surface area contributed by atoms with Crippen molar-refractivity contribution in [3.05, 3.63) is 36.4 Å². The lowest BCUT2D eigenvalue weighted by atomic mass is 9.93. The minimum absolute atomic E-state index is 0.0783. The molecule has 2 aliphatic rings. The van der Waals surface area contributed by atoms with Gasteiger partial charge < -0.3 is 25.2 Å². The molecule has 5 rings (SSSR count). The van der Waals surface area contributed by atoms with E-state index in [2.05, 4.69) is 15.6 Å². The van der Waals surface area contributed by atoms with Crippen LogP contribution in [0.3, 0.4) is 0 Å². The Morgan fingerprint density at radius 2 is 2.09 bits per heavy atom. The summed E-state index contributed by atoms with van der Waals surface area (Å²) in [4.78, 5) is 25.8. The minimum atomic E-state index is -1.10. The Labute approximate surface area is 185 Å². The van der Waals surface area contributed by atoms with Crippen molar-refractivity contribution in [2.45, 2.75) is 31.5 Å². The normalized spacial score (nSPS) is 20.0. The standard InChI is InChI=1S/C22H26N6O4/c1-31-15-7-5-13(6-8-15)17-19-21(28(12-24-19)16-4-2-3-9-32-16)27-20(25-17)18(26-22(29)30)14-10-23-11-14/h5-8,12,14,16,18,23,26H,2-4,9-11H2,1H3,(H,29,30). The molecule has 4 heterocycles. The number of aromatic nitrogens is 4. The molecule has 2 atom stereocenters. The molecule has 32 heavy (non-hydrogen) atoms. The molecular formula is C22H26N6O4. The van der Waals surface area contributed by atoms with Crippen LogP contribution in [0.2, 0.25) is 0 Å². The minimum Gasteiger partial charge on any atom is -0.497 e. The van der Waals surface area contributed by atoms with E-state index in [9.17, 15) is 9.90 Å². The fourth-order valence-corrected chi connectivity index (χ4v) is 4.25. The Balaban J connectivity index is 1.66. The zero-order chi connectivity index (χ0) is 22.1. The van der Waals surface area contributed by atoms with Gasteiger partial charge in [-0.2, -0.15) is 0 Å². The van der Waals surface area contributed by atoms with E-state index in [1.54, 1.807) is 13.4 Å². The molecule has 0 saturated carbocycles. The summed E-state index contributed by atoms with van der Waals surface area (Å²) in [6.45, 7) is 2.11. The summed E-state index contributed by atoms with van der Waals surface area (Å²) >= 11 is 0. The Bertz CT molecular complexity index is 1110. The number of fused-ring (bicyclic) bond motifs is 1. The van der Waals surface area contributed by atoms with Crippen molar-refractivity contribution in [1.82, 2.24) is 30.2 Å². The molecule has 0 bridgehead atoms. The first-order valence-corrected chi connectivity index (χ1v) is 10.8. The van der Waals surface area contributed by atoms with Crippen LogP contribution in [0.4, 0.5) is 4.79 Å². The van der Waals surface area contributed by atoms with Gasteiger partial charge in [0.15, 0.2) is 11.5 Å². The molecule has 0 aliphatic carbocycles. The highest BCUT2D eigenvalue weighted by atomic mass is 16.5. The van der Waals surface area contributed by atoms with Crippen LogP contribution < -0.4 is 15.4 Å². The zero-order valence-electron chi connectivity index (χ0n) is 17.8. The highest BCUT2D eigenvalue weighted by molar-refractivity contribution is 5.87. The van der Waals surface area contributed by atoms with Crippen molar-refractivity contribution in [3.63, 3.8) is 0 Å². The molecule has 0 spiro atoms. The molecule has 2 fully saturated rings. The molecule has 168 valence electrons. The Hall–Kier alpha value is -3.24. The topological polar surface area (TPSA) is 123 Å². The van der Waals surface area contributed by atoms with Crippen molar-refractivity contribution in [2.75, 3.05) is 26.8 Å². The molecular weight excluding hydrogens is 412 g/mol. The molecule has 3 aromatic rings. The maximum absolute atomic E-state index is 11.5. The van der Waals surface area contributed by atoms with Gasteiger partial charge in [-0.1, -0.05) is 0 Å². The molecule has 10 heteroatoms. The van der Waals surface area contributed by atoms with Crippen molar-refractivity contribution in [2.24, 2.45) is 5.92 Å². The van der Waals surface area contributed by atoms with E-state index < -0.39 is 12.1 Å². The smallest absolute Gasteiger partial charge is 0.405 e. The Kier molecular flexibility index (Phi) is 5.62. The number of nitrogens with one attached hydrogen (secondary N) is 2. The molecule has 2 aliphatic heterocycles. The van der Waals surface area contributed by atoms with E-state index in [1.165, 1.54) is 0 Å². The summed E-state index contributed by atoms with van der Waals surface area (Å²) in [5, 5.41) is 15.3. The number of hydrogen-bond donors (Lipinski definition) is 3. The highest BCUT2D eigenvalue weighted by Crippen LogP contribution is 2.33. The molecule has 0 radical (unpaired) electrons. The number of amides is 1. The third-order valence-corrected chi connectivity index (χ3v) is 6.11. The lowest BCUT2D eigenvalue weighted by Gasteiger charge is -2.33. The third kappa shape index (κ3) is 3.87. The number of nitrogens with zero attached hydrogens (tertiary/aromatic N) is 4. The van der Waals surface area contributed by atoms with E-state index in [0.717, 1.165) is 30.6 Å². The number of carboxylic acid groups (broad SMARTS) is 1. The summed E-state index contributed by atoms with van der Waals surface area (Å²) in [6, 6.07) is 7.06. The third-order valence-electron chi connectivity index (χ3n) is 6.11. The van der Waals surface area contributed by atoms with Crippen LogP contribution in [0, 0.1) is 5.92 Å². The first-order chi connectivity index (χ1) is 15.6. The van der Waals surface area contributed by atoms with Gasteiger partial charge in [-0.15, -0.1) is 0 Å². The zero-order valence-corrected chi connectivity index (χ0v) is 17.8. The van der Waals surface area contributed by atoms with Gasteiger partial charge in [-0.25, -0.2) is 19.7 Å². The maximum atomic E-state index is 11.5. The fraction of sp³-hybridized carbons (Fsp3) is 0.455. The lowest BCUT2D eigenvalue weighted by molar-refractivity contribution is -0.0298. The first kappa shape index (κ1) is 20.7. The largest absolute Gasteiger partial charge is 0.497 e. The predicted molar refractivity (Wildman–Crippen MR) is 116 cm³/mol. The monoisotopic (exact) mass is 438 g/mol. The molecule has 1 amide bonds. The SMILES string of the molecule is COc1ccc(-c2nc(C(NC(=O)O)C3CNC3)nc3c2ncn3C2CCCCO2)cc1. The van der Waals surface area contributed by atoms with Crippen molar-refractivity contribution in [1.29, 1.82) is 0 Å². The lowest BCUT2D eigenvalue weighted by Crippen LogP contribution is -2.50. The van der Waals surface area contributed by atoms with Crippen LogP contribution >= 0.6 is 0 Å². The van der Waals surface area contributed by atoms with Crippen LogP contribution in [0.1, 0.15) is 37.4 Å². The first-order valence-electron chi connectivity index (χ1n) is 10.8. The van der Waals surface area contributed by atoms with Crippen molar-refractivity contribution in [3.8, 4) is 17.0 Å². The number of carbonyl (C=O) groups is 1. The van der Waals surface area contributed by atoms with E-state index in [0.29, 0.717) is 42.4 Å². The summed E-state index contributed by atoms with van der Waals surface area (Å²) in [6.07, 6.45) is 3.50. The molecule has 2 aromatic heterocycles. The maximum Gasteiger partial charge on any atom is 0.405 e. The predicted octanol–water partition coefficient (Wildman–Crippen LogP) is 2.73. The van der Waals surface area contributed by atoms with Crippen molar-refractivity contribution >= 4 is 17.3 Å². The average Bonchev–Trinajstić information content (AvgIpc) is 3.21. The van der Waals surface area contributed by atoms with Crippen LogP contribution in [-0.4, -0.2) is 57.5 Å². The van der Waals surface area contributed by atoms with Crippen LogP contribution in [0.25, 0.3) is 22.4 Å². The van der Waals surface area contributed by atoms with Gasteiger partial charge in [0.25, 0.3) is 0 Å². The van der Waals surface area contributed by atoms with Crippen LogP contribution in [-0.2, 0) is 4.74 Å². The van der Waals surface area contributed by atoms with E-state index in [1.807, 2.05) is 28.8 Å². The van der Waals surface area contributed by atoms with Gasteiger partial charge in [0.2, 0.25) is 0 Å². The summed E-state index contributed by atoms with van der Waals surface area (Å²) in [5.41, 5.74) is 2.83. The summed E-state index contributed by atoms with van der Waals surface area (Å²) in [5.74, 6) is 1.26. The molecule has 2 unspecified atom stereocenters. The van der Waals surface area contributed by atoms with Gasteiger partial charge in [0, 0.05) is 31.2 Å². The van der Waals surface area contributed by atoms with Gasteiger partial charge in [-0.3, -0.25) is 4.57 Å². The molecule has 3 N–H and O–H groups in total. The number of imidazole rings is 1. The number of ether oxygens (including phenoxy) is 2. The van der Waals surface area contributed by atoms with Gasteiger partial charge in [-0.05, 0) is 43.5 Å². The molecule has 2 saturated heterocycles. The number of rotatable bonds is 6. The Morgan fingerprint density at radius 3 is 2.72 bits per heavy atom. The van der Waals surface area contributed by atoms with Gasteiger partial charge in [0.1, 0.15) is 23.2 Å². The van der Waals surface area contributed by atoms with Gasteiger partial charge in [0.05, 0.1) is 19.5 Å². The van der Waals surface area contributed by atoms with Crippen LogP contribution in [0.5, 0.6) is 5.75 Å². The Morgan fingerprint density at radius 1 is 1.28 bits per heavy atom. The van der Waals surface area contributed by atoms with E-state index in [-0.39, 0.29) is 12.1 Å². The second-order valence-electron chi connectivity index (χ2n) is 8.15. The molecule has 1 aromatic carbocycles. The number of hydrogen-bond acceptors (Lipinski definition) is 7. The molecule has 10 nitrogen and oxygen atoms in total. The second kappa shape index (κ2) is 8.71.